The first-order valence-electron chi connectivity index (χ1n) is 8.89. The molecule has 2 heterocycles. The van der Waals surface area contributed by atoms with Gasteiger partial charge in [-0.25, -0.2) is 0 Å². The highest BCUT2D eigenvalue weighted by molar-refractivity contribution is 7.17. The summed E-state index contributed by atoms with van der Waals surface area (Å²) in [5, 5.41) is 13.8. The molecule has 2 fully saturated rings. The molecule has 1 amide bonds. The molecule has 0 bridgehead atoms. The van der Waals surface area contributed by atoms with E-state index in [9.17, 15) is 14.9 Å². The van der Waals surface area contributed by atoms with Crippen molar-refractivity contribution >= 4 is 22.2 Å². The van der Waals surface area contributed by atoms with Crippen LogP contribution in [-0.2, 0) is 0 Å². The van der Waals surface area contributed by atoms with Gasteiger partial charge in [0.25, 0.3) is 5.91 Å². The molecule has 1 saturated heterocycles. The Morgan fingerprint density at radius 2 is 1.92 bits per heavy atom. The number of nitro groups is 1. The minimum absolute atomic E-state index is 0.0162. The summed E-state index contributed by atoms with van der Waals surface area (Å²) in [5.74, 6) is 0.676. The number of carbonyl (C=O) groups excluding carboxylic acids is 1. The van der Waals surface area contributed by atoms with Crippen LogP contribution in [0, 0.1) is 16.0 Å². The van der Waals surface area contributed by atoms with Crippen LogP contribution in [0.4, 0.5) is 5.00 Å². The summed E-state index contributed by atoms with van der Waals surface area (Å²) >= 11 is 0.940. The second-order valence-corrected chi connectivity index (χ2v) is 8.01. The predicted octanol–water partition coefficient (Wildman–Crippen LogP) is 3.43. The first-order valence-corrected chi connectivity index (χ1v) is 9.71. The van der Waals surface area contributed by atoms with Gasteiger partial charge in [0.05, 0.1) is 9.80 Å². The normalized spacial score (nSPS) is 20.8. The Balaban J connectivity index is 1.42. The maximum atomic E-state index is 12.2. The molecule has 2 aliphatic rings. The molecule has 0 aromatic carbocycles. The Hall–Kier alpha value is -1.47. The Labute approximate surface area is 146 Å². The minimum atomic E-state index is -0.453. The van der Waals surface area contributed by atoms with Crippen molar-refractivity contribution in [2.45, 2.75) is 51.0 Å². The van der Waals surface area contributed by atoms with Crippen LogP contribution in [0.5, 0.6) is 0 Å². The van der Waals surface area contributed by atoms with Crippen molar-refractivity contribution in [3.63, 3.8) is 0 Å². The summed E-state index contributed by atoms with van der Waals surface area (Å²) in [6.07, 6.45) is 8.82. The molecule has 1 aliphatic heterocycles. The van der Waals surface area contributed by atoms with Crippen molar-refractivity contribution < 1.29 is 9.72 Å². The van der Waals surface area contributed by atoms with Gasteiger partial charge in [0.1, 0.15) is 0 Å². The standard InChI is InChI=1S/C17H25N3O3S/c21-17(15-6-7-16(24-15)20(22)23)18-14-8-10-19(11-9-14)12-13-4-2-1-3-5-13/h6-7,13-14H,1-5,8-12H2,(H,18,21). The molecule has 132 valence electrons. The summed E-state index contributed by atoms with van der Waals surface area (Å²) in [7, 11) is 0. The molecule has 0 atom stereocenters. The van der Waals surface area contributed by atoms with E-state index in [1.54, 1.807) is 0 Å². The number of likely N-dealkylation sites (tertiary alicyclic amines) is 1. The molecule has 0 spiro atoms. The van der Waals surface area contributed by atoms with Gasteiger partial charge in [0.15, 0.2) is 0 Å². The van der Waals surface area contributed by atoms with E-state index in [2.05, 4.69) is 10.2 Å². The van der Waals surface area contributed by atoms with Crippen molar-refractivity contribution in [2.24, 2.45) is 5.92 Å². The molecule has 1 aliphatic carbocycles. The Bertz CT molecular complexity index is 575. The van der Waals surface area contributed by atoms with Crippen molar-refractivity contribution in [1.29, 1.82) is 0 Å². The number of carbonyl (C=O) groups is 1. The Kier molecular flexibility index (Phi) is 5.84. The maximum absolute atomic E-state index is 12.2. The minimum Gasteiger partial charge on any atom is -0.349 e. The quantitative estimate of drug-likeness (QED) is 0.651. The lowest BCUT2D eigenvalue weighted by Crippen LogP contribution is -2.45. The first-order chi connectivity index (χ1) is 11.6. The molecule has 0 radical (unpaired) electrons. The maximum Gasteiger partial charge on any atom is 0.324 e. The summed E-state index contributed by atoms with van der Waals surface area (Å²) in [6, 6.07) is 3.11. The van der Waals surface area contributed by atoms with Gasteiger partial charge in [-0.3, -0.25) is 14.9 Å². The van der Waals surface area contributed by atoms with Crippen LogP contribution < -0.4 is 5.32 Å². The molecule has 7 heteroatoms. The van der Waals surface area contributed by atoms with Gasteiger partial charge in [-0.15, -0.1) is 0 Å². The van der Waals surface area contributed by atoms with Gasteiger partial charge >= 0.3 is 5.00 Å². The van der Waals surface area contributed by atoms with Gasteiger partial charge in [0, 0.05) is 31.7 Å². The van der Waals surface area contributed by atoms with Crippen molar-refractivity contribution in [3.05, 3.63) is 27.1 Å². The Morgan fingerprint density at radius 1 is 1.21 bits per heavy atom. The van der Waals surface area contributed by atoms with Crippen molar-refractivity contribution in [2.75, 3.05) is 19.6 Å². The highest BCUT2D eigenvalue weighted by Gasteiger charge is 2.24. The molecule has 24 heavy (non-hydrogen) atoms. The van der Waals surface area contributed by atoms with Gasteiger partial charge in [0.2, 0.25) is 0 Å². The van der Waals surface area contributed by atoms with Crippen LogP contribution in [0.15, 0.2) is 12.1 Å². The number of rotatable bonds is 5. The highest BCUT2D eigenvalue weighted by atomic mass is 32.1. The zero-order valence-electron chi connectivity index (χ0n) is 13.9. The third-order valence-electron chi connectivity index (χ3n) is 5.16. The Morgan fingerprint density at radius 3 is 2.54 bits per heavy atom. The van der Waals surface area contributed by atoms with Crippen LogP contribution in [0.3, 0.4) is 0 Å². The van der Waals surface area contributed by atoms with Crippen LogP contribution in [-0.4, -0.2) is 41.4 Å². The van der Waals surface area contributed by atoms with Gasteiger partial charge < -0.3 is 10.2 Å². The van der Waals surface area contributed by atoms with E-state index in [0.717, 1.165) is 43.2 Å². The predicted molar refractivity (Wildman–Crippen MR) is 94.5 cm³/mol. The molecular formula is C17H25N3O3S. The average molecular weight is 351 g/mol. The fourth-order valence-electron chi connectivity index (χ4n) is 3.80. The molecule has 6 nitrogen and oxygen atoms in total. The van der Waals surface area contributed by atoms with Gasteiger partial charge in [-0.2, -0.15) is 0 Å². The van der Waals surface area contributed by atoms with Crippen LogP contribution in [0.25, 0.3) is 0 Å². The number of thiophene rings is 1. The lowest BCUT2D eigenvalue weighted by molar-refractivity contribution is -0.380. The summed E-state index contributed by atoms with van der Waals surface area (Å²) in [6.45, 7) is 3.27. The SMILES string of the molecule is O=C(NC1CCN(CC2CCCCC2)CC1)c1ccc([N+](=O)[O-])s1. The second kappa shape index (κ2) is 8.07. The number of hydrogen-bond acceptors (Lipinski definition) is 5. The van der Waals surface area contributed by atoms with E-state index in [1.165, 1.54) is 50.8 Å². The van der Waals surface area contributed by atoms with E-state index in [4.69, 9.17) is 0 Å². The number of nitrogens with one attached hydrogen (secondary N) is 1. The molecule has 1 aromatic heterocycles. The first kappa shape index (κ1) is 17.4. The largest absolute Gasteiger partial charge is 0.349 e. The van der Waals surface area contributed by atoms with E-state index in [-0.39, 0.29) is 17.0 Å². The molecule has 3 rings (SSSR count). The van der Waals surface area contributed by atoms with Crippen LogP contribution in [0.2, 0.25) is 0 Å². The fraction of sp³-hybridized carbons (Fsp3) is 0.706. The van der Waals surface area contributed by atoms with Crippen molar-refractivity contribution in [3.8, 4) is 0 Å². The van der Waals surface area contributed by atoms with E-state index in [0.29, 0.717) is 4.88 Å². The van der Waals surface area contributed by atoms with Crippen LogP contribution in [0.1, 0.15) is 54.6 Å². The monoisotopic (exact) mass is 351 g/mol. The zero-order valence-corrected chi connectivity index (χ0v) is 14.7. The number of piperidine rings is 1. The van der Waals surface area contributed by atoms with E-state index >= 15 is 0 Å². The smallest absolute Gasteiger partial charge is 0.324 e. The number of amides is 1. The van der Waals surface area contributed by atoms with E-state index in [1.807, 2.05) is 0 Å². The van der Waals surface area contributed by atoms with Crippen molar-refractivity contribution in [1.82, 2.24) is 10.2 Å². The molecule has 1 N–H and O–H groups in total. The number of nitrogens with zero attached hydrogens (tertiary/aromatic N) is 2. The number of hydrogen-bond donors (Lipinski definition) is 1. The molecule has 0 unspecified atom stereocenters. The zero-order chi connectivity index (χ0) is 16.9. The van der Waals surface area contributed by atoms with Crippen LogP contribution >= 0.6 is 11.3 Å². The fourth-order valence-corrected chi connectivity index (χ4v) is 4.52. The average Bonchev–Trinajstić information content (AvgIpc) is 3.08. The molecule has 1 saturated carbocycles. The molecule has 1 aromatic rings. The third kappa shape index (κ3) is 4.54. The lowest BCUT2D eigenvalue weighted by Gasteiger charge is -2.35. The summed E-state index contributed by atoms with van der Waals surface area (Å²) in [5.41, 5.74) is 0. The lowest BCUT2D eigenvalue weighted by atomic mass is 9.88. The summed E-state index contributed by atoms with van der Waals surface area (Å²) in [4.78, 5) is 25.4. The summed E-state index contributed by atoms with van der Waals surface area (Å²) < 4.78 is 0. The highest BCUT2D eigenvalue weighted by Crippen LogP contribution is 2.26. The van der Waals surface area contributed by atoms with Gasteiger partial charge in [-0.05, 0) is 37.7 Å². The molecular weight excluding hydrogens is 326 g/mol. The second-order valence-electron chi connectivity index (χ2n) is 6.95. The van der Waals surface area contributed by atoms with Gasteiger partial charge in [-0.1, -0.05) is 30.6 Å². The topological polar surface area (TPSA) is 75.5 Å². The van der Waals surface area contributed by atoms with E-state index < -0.39 is 4.92 Å². The third-order valence-corrected chi connectivity index (χ3v) is 6.20.